The third-order valence-electron chi connectivity index (χ3n) is 2.58. The topological polar surface area (TPSA) is 24.9 Å². The molecule has 0 fully saturated rings. The Balaban J connectivity index is 2.02. The van der Waals surface area contributed by atoms with Crippen LogP contribution in [0.4, 0.5) is 5.69 Å². The predicted molar refractivity (Wildman–Crippen MR) is 87.3 cm³/mol. The molecule has 5 heteroatoms. The van der Waals surface area contributed by atoms with Gasteiger partial charge in [-0.15, -0.1) is 11.3 Å². The maximum absolute atomic E-state index is 6.06. The van der Waals surface area contributed by atoms with Crippen molar-refractivity contribution in [2.45, 2.75) is 32.7 Å². The molecule has 1 heterocycles. The highest BCUT2D eigenvalue weighted by Gasteiger charge is 2.17. The monoisotopic (exact) mass is 358 g/mol. The Morgan fingerprint density at radius 3 is 2.68 bits per heavy atom. The highest BCUT2D eigenvalue weighted by atomic mass is 79.9. The van der Waals surface area contributed by atoms with Gasteiger partial charge in [-0.1, -0.05) is 32.4 Å². The van der Waals surface area contributed by atoms with E-state index in [-0.39, 0.29) is 5.41 Å². The standard InChI is InChI=1S/C14H16BrClN2S/c1-14(2,3)13-18-8-10(19-13)7-17-9-4-5-11(15)12(16)6-9/h4-6,8,17H,7H2,1-3H3. The van der Waals surface area contributed by atoms with Crippen LogP contribution < -0.4 is 5.32 Å². The highest BCUT2D eigenvalue weighted by molar-refractivity contribution is 9.10. The molecule has 1 aromatic carbocycles. The molecule has 102 valence electrons. The van der Waals surface area contributed by atoms with Gasteiger partial charge in [-0.05, 0) is 34.1 Å². The molecule has 0 aliphatic carbocycles. The summed E-state index contributed by atoms with van der Waals surface area (Å²) in [4.78, 5) is 5.70. The van der Waals surface area contributed by atoms with E-state index in [0.29, 0.717) is 5.02 Å². The van der Waals surface area contributed by atoms with E-state index >= 15 is 0 Å². The van der Waals surface area contributed by atoms with Crippen LogP contribution in [0.25, 0.3) is 0 Å². The molecule has 0 amide bonds. The Kier molecular flexibility index (Phi) is 4.54. The first-order valence-electron chi connectivity index (χ1n) is 6.00. The first-order valence-corrected chi connectivity index (χ1v) is 7.99. The number of hydrogen-bond donors (Lipinski definition) is 1. The molecule has 19 heavy (non-hydrogen) atoms. The number of anilines is 1. The van der Waals surface area contributed by atoms with E-state index < -0.39 is 0 Å². The van der Waals surface area contributed by atoms with Gasteiger partial charge >= 0.3 is 0 Å². The Morgan fingerprint density at radius 2 is 2.11 bits per heavy atom. The van der Waals surface area contributed by atoms with E-state index in [2.05, 4.69) is 47.0 Å². The van der Waals surface area contributed by atoms with Crippen LogP contribution >= 0.6 is 38.9 Å². The first kappa shape index (κ1) is 14.8. The second kappa shape index (κ2) is 5.81. The molecule has 0 atom stereocenters. The molecule has 0 saturated carbocycles. The first-order chi connectivity index (χ1) is 8.86. The van der Waals surface area contributed by atoms with E-state index in [1.165, 1.54) is 4.88 Å². The molecule has 0 aliphatic heterocycles. The van der Waals surface area contributed by atoms with Crippen molar-refractivity contribution in [1.29, 1.82) is 0 Å². The van der Waals surface area contributed by atoms with Crippen molar-refractivity contribution in [3.63, 3.8) is 0 Å². The summed E-state index contributed by atoms with van der Waals surface area (Å²) in [5.41, 5.74) is 1.13. The quantitative estimate of drug-likeness (QED) is 0.786. The molecule has 1 N–H and O–H groups in total. The van der Waals surface area contributed by atoms with E-state index in [9.17, 15) is 0 Å². The van der Waals surface area contributed by atoms with Gasteiger partial charge in [-0.3, -0.25) is 0 Å². The van der Waals surface area contributed by atoms with Gasteiger partial charge < -0.3 is 5.32 Å². The molecule has 0 spiro atoms. The van der Waals surface area contributed by atoms with E-state index in [1.54, 1.807) is 11.3 Å². The summed E-state index contributed by atoms with van der Waals surface area (Å²) < 4.78 is 0.910. The number of benzene rings is 1. The number of aromatic nitrogens is 1. The SMILES string of the molecule is CC(C)(C)c1ncc(CNc2ccc(Br)c(Cl)c2)s1. The molecule has 0 aliphatic rings. The maximum atomic E-state index is 6.06. The third kappa shape index (κ3) is 3.94. The van der Waals surface area contributed by atoms with Crippen molar-refractivity contribution in [2.75, 3.05) is 5.32 Å². The lowest BCUT2D eigenvalue weighted by Gasteiger charge is -2.13. The van der Waals surface area contributed by atoms with Crippen LogP contribution in [0.3, 0.4) is 0 Å². The van der Waals surface area contributed by atoms with Crippen molar-refractivity contribution in [2.24, 2.45) is 0 Å². The molecular formula is C14H16BrClN2S. The van der Waals surface area contributed by atoms with Crippen LogP contribution in [-0.2, 0) is 12.0 Å². The fourth-order valence-corrected chi connectivity index (χ4v) is 2.87. The lowest BCUT2D eigenvalue weighted by molar-refractivity contribution is 0.585. The number of halogens is 2. The minimum atomic E-state index is 0.115. The Hall–Kier alpha value is -0.580. The number of nitrogens with one attached hydrogen (secondary N) is 1. The van der Waals surface area contributed by atoms with Gasteiger partial charge in [0.1, 0.15) is 0 Å². The van der Waals surface area contributed by atoms with Crippen LogP contribution in [0, 0.1) is 0 Å². The van der Waals surface area contributed by atoms with Crippen LogP contribution in [-0.4, -0.2) is 4.98 Å². The molecule has 2 aromatic rings. The second-order valence-corrected chi connectivity index (χ2v) is 7.74. The summed E-state index contributed by atoms with van der Waals surface area (Å²) in [5, 5.41) is 5.24. The Bertz CT molecular complexity index is 575. The fourth-order valence-electron chi connectivity index (χ4n) is 1.53. The second-order valence-electron chi connectivity index (χ2n) is 5.36. The summed E-state index contributed by atoms with van der Waals surface area (Å²) >= 11 is 11.2. The maximum Gasteiger partial charge on any atom is 0.0981 e. The van der Waals surface area contributed by atoms with Gasteiger partial charge in [-0.2, -0.15) is 0 Å². The van der Waals surface area contributed by atoms with E-state index in [0.717, 1.165) is 21.7 Å². The zero-order valence-corrected chi connectivity index (χ0v) is 14.3. The third-order valence-corrected chi connectivity index (χ3v) is 5.24. The van der Waals surface area contributed by atoms with Gasteiger partial charge in [0.2, 0.25) is 0 Å². The van der Waals surface area contributed by atoms with Crippen LogP contribution in [0.2, 0.25) is 5.02 Å². The average molecular weight is 360 g/mol. The van der Waals surface area contributed by atoms with Gasteiger partial charge in [0.15, 0.2) is 0 Å². The Labute approximate surface area is 131 Å². The fraction of sp³-hybridized carbons (Fsp3) is 0.357. The molecule has 2 rings (SSSR count). The molecule has 0 radical (unpaired) electrons. The Morgan fingerprint density at radius 1 is 1.37 bits per heavy atom. The summed E-state index contributed by atoms with van der Waals surface area (Å²) in [6.45, 7) is 7.30. The predicted octanol–water partition coefficient (Wildman–Crippen LogP) is 5.47. The number of rotatable bonds is 3. The number of nitrogens with zero attached hydrogens (tertiary/aromatic N) is 1. The average Bonchev–Trinajstić information content (AvgIpc) is 2.79. The zero-order valence-electron chi connectivity index (χ0n) is 11.1. The molecule has 2 nitrogen and oxygen atoms in total. The van der Waals surface area contributed by atoms with Gasteiger partial charge in [-0.25, -0.2) is 4.98 Å². The lowest BCUT2D eigenvalue weighted by atomic mass is 9.98. The largest absolute Gasteiger partial charge is 0.380 e. The zero-order chi connectivity index (χ0) is 14.0. The van der Waals surface area contributed by atoms with Crippen molar-refractivity contribution >= 4 is 44.6 Å². The van der Waals surface area contributed by atoms with Gasteiger partial charge in [0, 0.05) is 26.6 Å². The number of thiazole rings is 1. The van der Waals surface area contributed by atoms with E-state index in [4.69, 9.17) is 11.6 Å². The van der Waals surface area contributed by atoms with Crippen molar-refractivity contribution < 1.29 is 0 Å². The van der Waals surface area contributed by atoms with Crippen molar-refractivity contribution in [3.05, 3.63) is 43.8 Å². The van der Waals surface area contributed by atoms with Crippen LogP contribution in [0.15, 0.2) is 28.9 Å². The summed E-state index contributed by atoms with van der Waals surface area (Å²) in [7, 11) is 0. The minimum absolute atomic E-state index is 0.115. The van der Waals surface area contributed by atoms with Crippen molar-refractivity contribution in [1.82, 2.24) is 4.98 Å². The van der Waals surface area contributed by atoms with Gasteiger partial charge in [0.25, 0.3) is 0 Å². The normalized spacial score (nSPS) is 11.6. The molecular weight excluding hydrogens is 344 g/mol. The summed E-state index contributed by atoms with van der Waals surface area (Å²) in [6.07, 6.45) is 1.94. The summed E-state index contributed by atoms with van der Waals surface area (Å²) in [6, 6.07) is 5.86. The highest BCUT2D eigenvalue weighted by Crippen LogP contribution is 2.28. The minimum Gasteiger partial charge on any atom is -0.380 e. The van der Waals surface area contributed by atoms with Crippen molar-refractivity contribution in [3.8, 4) is 0 Å². The lowest BCUT2D eigenvalue weighted by Crippen LogP contribution is -2.09. The van der Waals surface area contributed by atoms with Crippen LogP contribution in [0.5, 0.6) is 0 Å². The summed E-state index contributed by atoms with van der Waals surface area (Å²) in [5.74, 6) is 0. The van der Waals surface area contributed by atoms with Crippen LogP contribution in [0.1, 0.15) is 30.7 Å². The number of hydrogen-bond acceptors (Lipinski definition) is 3. The molecule has 0 unspecified atom stereocenters. The molecule has 0 saturated heterocycles. The molecule has 1 aromatic heterocycles. The smallest absolute Gasteiger partial charge is 0.0981 e. The molecule has 0 bridgehead atoms. The van der Waals surface area contributed by atoms with E-state index in [1.807, 2.05) is 24.4 Å². The van der Waals surface area contributed by atoms with Gasteiger partial charge in [0.05, 0.1) is 16.6 Å².